The molecule has 0 bridgehead atoms. The van der Waals surface area contributed by atoms with E-state index in [1.54, 1.807) is 24.3 Å². The molecule has 0 radical (unpaired) electrons. The fraction of sp³-hybridized carbons (Fsp3) is 0.368. The maximum atomic E-state index is 12.8. The molecule has 0 aliphatic carbocycles. The predicted octanol–water partition coefficient (Wildman–Crippen LogP) is 3.67. The first kappa shape index (κ1) is 17.8. The average molecular weight is 361 g/mol. The van der Waals surface area contributed by atoms with Crippen molar-refractivity contribution >= 4 is 10.0 Å². The van der Waals surface area contributed by atoms with Gasteiger partial charge in [0.1, 0.15) is 17.1 Å². The number of hydrogen-bond acceptors (Lipinski definition) is 4. The summed E-state index contributed by atoms with van der Waals surface area (Å²) in [5.41, 5.74) is 0.414. The lowest BCUT2D eigenvalue weighted by Crippen LogP contribution is -2.41. The van der Waals surface area contributed by atoms with Gasteiger partial charge in [0.25, 0.3) is 0 Å². The molecule has 0 unspecified atom stereocenters. The van der Waals surface area contributed by atoms with Gasteiger partial charge in [-0.1, -0.05) is 18.2 Å². The third kappa shape index (κ3) is 3.96. The van der Waals surface area contributed by atoms with E-state index in [0.29, 0.717) is 18.8 Å². The van der Waals surface area contributed by atoms with Crippen molar-refractivity contribution in [3.05, 3.63) is 54.1 Å². The van der Waals surface area contributed by atoms with Crippen LogP contribution >= 0.6 is 0 Å². The molecule has 2 aromatic carbocycles. The smallest absolute Gasteiger partial charge is 0.241 e. The number of fused-ring (bicyclic) bond motifs is 1. The highest BCUT2D eigenvalue weighted by Gasteiger charge is 2.35. The third-order valence-corrected chi connectivity index (χ3v) is 5.61. The molecule has 1 N–H and O–H groups in total. The number of nitrogens with one attached hydrogen (secondary N) is 1. The third-order valence-electron chi connectivity index (χ3n) is 4.12. The Kier molecular flexibility index (Phi) is 4.75. The first-order chi connectivity index (χ1) is 11.8. The topological polar surface area (TPSA) is 64.6 Å². The van der Waals surface area contributed by atoms with Gasteiger partial charge in [0.05, 0.1) is 17.5 Å². The van der Waals surface area contributed by atoms with E-state index in [4.69, 9.17) is 9.47 Å². The fourth-order valence-corrected chi connectivity index (χ4v) is 4.26. The first-order valence-electron chi connectivity index (χ1n) is 8.34. The number of benzene rings is 2. The van der Waals surface area contributed by atoms with Crippen molar-refractivity contribution in [3.8, 4) is 11.5 Å². The van der Waals surface area contributed by atoms with Crippen molar-refractivity contribution in [2.45, 2.75) is 43.7 Å². The summed E-state index contributed by atoms with van der Waals surface area (Å²) in [5, 5.41) is 0. The number of rotatable bonds is 5. The molecule has 0 spiro atoms. The molecule has 1 aliphatic heterocycles. The molecule has 0 saturated carbocycles. The summed E-state index contributed by atoms with van der Waals surface area (Å²) >= 11 is 0. The van der Waals surface area contributed by atoms with Crippen LogP contribution in [0.5, 0.6) is 11.5 Å². The average Bonchev–Trinajstić information content (AvgIpc) is 2.54. The summed E-state index contributed by atoms with van der Waals surface area (Å²) in [6, 6.07) is 13.7. The van der Waals surface area contributed by atoms with Crippen molar-refractivity contribution in [1.29, 1.82) is 0 Å². The number of hydrogen-bond donors (Lipinski definition) is 1. The van der Waals surface area contributed by atoms with Crippen LogP contribution in [0.3, 0.4) is 0 Å². The van der Waals surface area contributed by atoms with Gasteiger partial charge in [-0.15, -0.1) is 0 Å². The minimum absolute atomic E-state index is 0.220. The summed E-state index contributed by atoms with van der Waals surface area (Å²) in [5.74, 6) is 1.37. The van der Waals surface area contributed by atoms with Crippen LogP contribution in [-0.4, -0.2) is 20.6 Å². The summed E-state index contributed by atoms with van der Waals surface area (Å²) in [7, 11) is -3.65. The van der Waals surface area contributed by atoms with Crippen LogP contribution in [0, 0.1) is 0 Å². The van der Waals surface area contributed by atoms with E-state index in [9.17, 15) is 8.42 Å². The van der Waals surface area contributed by atoms with Crippen LogP contribution in [0.4, 0.5) is 0 Å². The standard InChI is InChI=1S/C19H23NO4S/c1-4-23-14-9-11-15(12-10-14)25(21,22)20-17-13-19(2,3)24-18-8-6-5-7-16(17)18/h5-12,17,20H,4,13H2,1-3H3/t17-/m1/s1. The Morgan fingerprint density at radius 2 is 1.84 bits per heavy atom. The molecule has 5 nitrogen and oxygen atoms in total. The summed E-state index contributed by atoms with van der Waals surface area (Å²) in [6.45, 7) is 6.34. The summed E-state index contributed by atoms with van der Waals surface area (Å²) in [4.78, 5) is 0.220. The van der Waals surface area contributed by atoms with Crippen LogP contribution in [0.1, 0.15) is 38.8 Å². The molecule has 1 atom stereocenters. The number of para-hydroxylation sites is 1. The molecule has 134 valence electrons. The molecule has 1 aliphatic rings. The maximum absolute atomic E-state index is 12.8. The highest BCUT2D eigenvalue weighted by atomic mass is 32.2. The van der Waals surface area contributed by atoms with E-state index < -0.39 is 15.6 Å². The van der Waals surface area contributed by atoms with Gasteiger partial charge in [0.2, 0.25) is 10.0 Å². The van der Waals surface area contributed by atoms with Crippen molar-refractivity contribution in [3.63, 3.8) is 0 Å². The number of ether oxygens (including phenoxy) is 2. The Morgan fingerprint density at radius 3 is 2.52 bits per heavy atom. The SMILES string of the molecule is CCOc1ccc(S(=O)(=O)N[C@@H]2CC(C)(C)Oc3ccccc32)cc1. The van der Waals surface area contributed by atoms with Crippen molar-refractivity contribution in [1.82, 2.24) is 4.72 Å². The second-order valence-corrected chi connectivity index (χ2v) is 8.40. The van der Waals surface area contributed by atoms with E-state index >= 15 is 0 Å². The summed E-state index contributed by atoms with van der Waals surface area (Å²) in [6.07, 6.45) is 0.556. The monoisotopic (exact) mass is 361 g/mol. The first-order valence-corrected chi connectivity index (χ1v) is 9.82. The molecule has 25 heavy (non-hydrogen) atoms. The molecule has 3 rings (SSSR count). The van der Waals surface area contributed by atoms with Gasteiger partial charge in [-0.25, -0.2) is 13.1 Å². The van der Waals surface area contributed by atoms with E-state index in [1.807, 2.05) is 45.0 Å². The molecule has 0 aromatic heterocycles. The van der Waals surface area contributed by atoms with Gasteiger partial charge in [0, 0.05) is 12.0 Å². The molecular formula is C19H23NO4S. The molecular weight excluding hydrogens is 338 g/mol. The van der Waals surface area contributed by atoms with Crippen molar-refractivity contribution in [2.75, 3.05) is 6.61 Å². The molecule has 0 amide bonds. The molecule has 0 saturated heterocycles. The zero-order valence-corrected chi connectivity index (χ0v) is 15.5. The Hall–Kier alpha value is -2.05. The van der Waals surface area contributed by atoms with Gasteiger partial charge in [-0.2, -0.15) is 0 Å². The van der Waals surface area contributed by atoms with Gasteiger partial charge < -0.3 is 9.47 Å². The van der Waals surface area contributed by atoms with E-state index in [-0.39, 0.29) is 10.9 Å². The normalized spacial score (nSPS) is 18.9. The van der Waals surface area contributed by atoms with Gasteiger partial charge in [-0.3, -0.25) is 0 Å². The quantitative estimate of drug-likeness (QED) is 0.883. The Balaban J connectivity index is 1.87. The molecule has 2 aromatic rings. The van der Waals surface area contributed by atoms with Crippen LogP contribution in [0.25, 0.3) is 0 Å². The highest BCUT2D eigenvalue weighted by molar-refractivity contribution is 7.89. The Labute approximate surface area is 149 Å². The van der Waals surface area contributed by atoms with Crippen LogP contribution in [0.15, 0.2) is 53.4 Å². The molecule has 0 fully saturated rings. The second-order valence-electron chi connectivity index (χ2n) is 6.68. The van der Waals surface area contributed by atoms with Crippen LogP contribution in [-0.2, 0) is 10.0 Å². The predicted molar refractivity (Wildman–Crippen MR) is 96.4 cm³/mol. The van der Waals surface area contributed by atoms with Crippen LogP contribution in [0.2, 0.25) is 0 Å². The minimum atomic E-state index is -3.65. The van der Waals surface area contributed by atoms with E-state index in [2.05, 4.69) is 4.72 Å². The van der Waals surface area contributed by atoms with E-state index in [0.717, 1.165) is 11.3 Å². The fourth-order valence-electron chi connectivity index (χ4n) is 3.04. The van der Waals surface area contributed by atoms with Gasteiger partial charge in [-0.05, 0) is 51.1 Å². The second kappa shape index (κ2) is 6.69. The van der Waals surface area contributed by atoms with E-state index in [1.165, 1.54) is 0 Å². The minimum Gasteiger partial charge on any atom is -0.494 e. The van der Waals surface area contributed by atoms with Crippen molar-refractivity contribution in [2.24, 2.45) is 0 Å². The van der Waals surface area contributed by atoms with Crippen LogP contribution < -0.4 is 14.2 Å². The lowest BCUT2D eigenvalue weighted by molar-refractivity contribution is 0.0702. The molecule has 1 heterocycles. The van der Waals surface area contributed by atoms with Crippen molar-refractivity contribution < 1.29 is 17.9 Å². The van der Waals surface area contributed by atoms with Gasteiger partial charge >= 0.3 is 0 Å². The number of sulfonamides is 1. The zero-order valence-electron chi connectivity index (χ0n) is 14.7. The highest BCUT2D eigenvalue weighted by Crippen LogP contribution is 2.39. The maximum Gasteiger partial charge on any atom is 0.241 e. The zero-order chi connectivity index (χ0) is 18.1. The largest absolute Gasteiger partial charge is 0.494 e. The lowest BCUT2D eigenvalue weighted by atomic mass is 9.90. The Bertz CT molecular complexity index is 844. The van der Waals surface area contributed by atoms with Gasteiger partial charge in [0.15, 0.2) is 0 Å². The Morgan fingerprint density at radius 1 is 1.16 bits per heavy atom. The lowest BCUT2D eigenvalue weighted by Gasteiger charge is -2.37. The summed E-state index contributed by atoms with van der Waals surface area (Å²) < 4.78 is 39.7. The molecule has 6 heteroatoms.